The van der Waals surface area contributed by atoms with Gasteiger partial charge in [0.2, 0.25) is 0 Å². The van der Waals surface area contributed by atoms with Crippen LogP contribution in [0.5, 0.6) is 0 Å². The van der Waals surface area contributed by atoms with Crippen LogP contribution >= 0.6 is 27.3 Å². The van der Waals surface area contributed by atoms with E-state index in [4.69, 9.17) is 5.84 Å². The van der Waals surface area contributed by atoms with Gasteiger partial charge in [0, 0.05) is 15.4 Å². The third kappa shape index (κ3) is 3.75. The molecule has 7 heteroatoms. The molecule has 3 atom stereocenters. The van der Waals surface area contributed by atoms with Crippen LogP contribution in [0.3, 0.4) is 0 Å². The lowest BCUT2D eigenvalue weighted by molar-refractivity contribution is -0.199. The number of rotatable bonds is 4. The van der Waals surface area contributed by atoms with Gasteiger partial charge in [-0.25, -0.2) is 0 Å². The highest BCUT2D eigenvalue weighted by Gasteiger charge is 2.47. The summed E-state index contributed by atoms with van der Waals surface area (Å²) in [6.45, 7) is 0. The second kappa shape index (κ2) is 6.77. The maximum Gasteiger partial charge on any atom is 0.392 e. The molecule has 3 N–H and O–H groups in total. The van der Waals surface area contributed by atoms with Crippen molar-refractivity contribution in [2.75, 3.05) is 0 Å². The lowest BCUT2D eigenvalue weighted by atomic mass is 9.74. The third-order valence-corrected chi connectivity index (χ3v) is 6.02. The Morgan fingerprint density at radius 3 is 2.65 bits per heavy atom. The first-order valence-corrected chi connectivity index (χ1v) is 8.35. The normalized spacial score (nSPS) is 25.6. The highest BCUT2D eigenvalue weighted by Crippen LogP contribution is 2.43. The smallest absolute Gasteiger partial charge is 0.271 e. The van der Waals surface area contributed by atoms with Crippen molar-refractivity contribution in [3.05, 3.63) is 20.8 Å². The van der Waals surface area contributed by atoms with Gasteiger partial charge >= 0.3 is 6.18 Å². The Morgan fingerprint density at radius 1 is 1.40 bits per heavy atom. The molecule has 0 aromatic carbocycles. The molecular weight excluding hydrogens is 353 g/mol. The Bertz CT molecular complexity index is 435. The molecule has 1 saturated carbocycles. The van der Waals surface area contributed by atoms with Crippen molar-refractivity contribution in [2.24, 2.45) is 17.7 Å². The van der Waals surface area contributed by atoms with Crippen molar-refractivity contribution in [3.63, 3.8) is 0 Å². The summed E-state index contributed by atoms with van der Waals surface area (Å²) >= 11 is 4.96. The average molecular weight is 371 g/mol. The van der Waals surface area contributed by atoms with Crippen molar-refractivity contribution < 1.29 is 13.2 Å². The summed E-state index contributed by atoms with van der Waals surface area (Å²) in [5.74, 6) is 3.87. The second-order valence-corrected chi connectivity index (χ2v) is 7.12. The van der Waals surface area contributed by atoms with Gasteiger partial charge < -0.3 is 0 Å². The maximum absolute atomic E-state index is 13.2. The second-order valence-electron chi connectivity index (χ2n) is 5.27. The molecule has 2 nitrogen and oxygen atoms in total. The summed E-state index contributed by atoms with van der Waals surface area (Å²) in [5.41, 5.74) is 2.63. The van der Waals surface area contributed by atoms with E-state index in [1.165, 1.54) is 0 Å². The molecule has 20 heavy (non-hydrogen) atoms. The van der Waals surface area contributed by atoms with Crippen LogP contribution in [-0.4, -0.2) is 12.2 Å². The highest BCUT2D eigenvalue weighted by atomic mass is 79.9. The predicted octanol–water partition coefficient (Wildman–Crippen LogP) is 4.25. The Kier molecular flexibility index (Phi) is 5.50. The predicted molar refractivity (Wildman–Crippen MR) is 78.3 cm³/mol. The van der Waals surface area contributed by atoms with Crippen LogP contribution in [0.4, 0.5) is 13.2 Å². The first-order valence-electron chi connectivity index (χ1n) is 6.68. The molecule has 0 spiro atoms. The lowest BCUT2D eigenvalue weighted by Gasteiger charge is -2.37. The quantitative estimate of drug-likeness (QED) is 0.613. The topological polar surface area (TPSA) is 38.0 Å². The zero-order valence-electron chi connectivity index (χ0n) is 10.9. The van der Waals surface area contributed by atoms with Gasteiger partial charge in [-0.2, -0.15) is 13.2 Å². The first kappa shape index (κ1) is 16.3. The number of hydrogen-bond acceptors (Lipinski definition) is 3. The number of thiophene rings is 1. The van der Waals surface area contributed by atoms with Gasteiger partial charge in [0.15, 0.2) is 0 Å². The third-order valence-electron chi connectivity index (χ3n) is 4.07. The number of nitrogens with two attached hydrogens (primary N) is 1. The number of nitrogens with one attached hydrogen (secondary N) is 1. The van der Waals surface area contributed by atoms with Gasteiger partial charge in [0.1, 0.15) is 0 Å². The molecule has 1 aromatic heterocycles. The Hall–Kier alpha value is -0.110. The van der Waals surface area contributed by atoms with E-state index in [-0.39, 0.29) is 12.5 Å². The van der Waals surface area contributed by atoms with E-state index in [9.17, 15) is 13.2 Å². The van der Waals surface area contributed by atoms with E-state index in [0.29, 0.717) is 19.3 Å². The van der Waals surface area contributed by atoms with Crippen molar-refractivity contribution in [1.29, 1.82) is 0 Å². The monoisotopic (exact) mass is 370 g/mol. The summed E-state index contributed by atoms with van der Waals surface area (Å²) in [6.07, 6.45) is -1.29. The molecule has 0 aliphatic heterocycles. The molecular formula is C13H18BrF3N2S. The average Bonchev–Trinajstić information content (AvgIpc) is 2.80. The zero-order valence-corrected chi connectivity index (χ0v) is 13.3. The molecule has 0 saturated heterocycles. The summed E-state index contributed by atoms with van der Waals surface area (Å²) in [6, 6.07) is 1.58. The molecule has 1 aliphatic carbocycles. The summed E-state index contributed by atoms with van der Waals surface area (Å²) in [5, 5.41) is 1.93. The molecule has 1 aliphatic rings. The molecule has 0 radical (unpaired) electrons. The number of hydrogen-bond donors (Lipinski definition) is 2. The van der Waals surface area contributed by atoms with Crippen molar-refractivity contribution in [3.8, 4) is 0 Å². The molecule has 0 amide bonds. The first-order chi connectivity index (χ1) is 9.43. The molecule has 1 aromatic rings. The Balaban J connectivity index is 2.14. The van der Waals surface area contributed by atoms with Crippen LogP contribution in [0.25, 0.3) is 0 Å². The number of alkyl halides is 3. The van der Waals surface area contributed by atoms with E-state index in [1.54, 1.807) is 11.3 Å². The fourth-order valence-corrected chi connectivity index (χ4v) is 4.63. The van der Waals surface area contributed by atoms with E-state index in [1.807, 2.05) is 11.4 Å². The number of hydrazine groups is 1. The molecule has 1 fully saturated rings. The van der Waals surface area contributed by atoms with E-state index < -0.39 is 18.0 Å². The standard InChI is InChI=1S/C13H18BrF3N2S/c14-10-5-6-20-12(10)7-11(19-18)8-3-1-2-4-9(8)13(15,16)17/h5-6,8-9,11,19H,1-4,7,18H2. The minimum absolute atomic E-state index is 0.220. The van der Waals surface area contributed by atoms with E-state index in [0.717, 1.165) is 15.8 Å². The summed E-state index contributed by atoms with van der Waals surface area (Å²) in [4.78, 5) is 1.04. The van der Waals surface area contributed by atoms with Gasteiger partial charge in [-0.1, -0.05) is 12.8 Å². The Labute approximate surface area is 129 Å². The van der Waals surface area contributed by atoms with Crippen LogP contribution in [0.15, 0.2) is 15.9 Å². The van der Waals surface area contributed by atoms with Crippen molar-refractivity contribution >= 4 is 27.3 Å². The molecule has 1 heterocycles. The fraction of sp³-hybridized carbons (Fsp3) is 0.692. The minimum atomic E-state index is -4.13. The van der Waals surface area contributed by atoms with Crippen molar-refractivity contribution in [2.45, 2.75) is 44.3 Å². The number of halogens is 4. The van der Waals surface area contributed by atoms with Crippen LogP contribution in [0.1, 0.15) is 30.6 Å². The summed E-state index contributed by atoms with van der Waals surface area (Å²) in [7, 11) is 0. The molecule has 2 rings (SSSR count). The lowest BCUT2D eigenvalue weighted by Crippen LogP contribution is -2.49. The summed E-state index contributed by atoms with van der Waals surface area (Å²) < 4.78 is 40.5. The fourth-order valence-electron chi connectivity index (χ4n) is 3.05. The molecule has 114 valence electrons. The highest BCUT2D eigenvalue weighted by molar-refractivity contribution is 9.10. The van der Waals surface area contributed by atoms with E-state index >= 15 is 0 Å². The SMILES string of the molecule is NNC(Cc1sccc1Br)C1CCCCC1C(F)(F)F. The van der Waals surface area contributed by atoms with Gasteiger partial charge in [-0.05, 0) is 52.6 Å². The van der Waals surface area contributed by atoms with E-state index in [2.05, 4.69) is 21.4 Å². The van der Waals surface area contributed by atoms with Gasteiger partial charge in [-0.3, -0.25) is 11.3 Å². The minimum Gasteiger partial charge on any atom is -0.271 e. The molecule has 0 bridgehead atoms. The van der Waals surface area contributed by atoms with Crippen LogP contribution in [0.2, 0.25) is 0 Å². The largest absolute Gasteiger partial charge is 0.392 e. The molecule has 3 unspecified atom stereocenters. The zero-order chi connectivity index (χ0) is 14.8. The van der Waals surface area contributed by atoms with Crippen LogP contribution < -0.4 is 11.3 Å². The van der Waals surface area contributed by atoms with Crippen LogP contribution in [0, 0.1) is 11.8 Å². The van der Waals surface area contributed by atoms with Gasteiger partial charge in [0.25, 0.3) is 0 Å². The Morgan fingerprint density at radius 2 is 2.10 bits per heavy atom. The van der Waals surface area contributed by atoms with Crippen LogP contribution in [-0.2, 0) is 6.42 Å². The van der Waals surface area contributed by atoms with Gasteiger partial charge in [-0.15, -0.1) is 11.3 Å². The maximum atomic E-state index is 13.2. The van der Waals surface area contributed by atoms with Gasteiger partial charge in [0.05, 0.1) is 5.92 Å². The van der Waals surface area contributed by atoms with Crippen molar-refractivity contribution in [1.82, 2.24) is 5.43 Å².